The first kappa shape index (κ1) is 14.6. The average molecular weight is 292 g/mol. The lowest BCUT2D eigenvalue weighted by atomic mass is 10.1. The summed E-state index contributed by atoms with van der Waals surface area (Å²) < 4.78 is 12.8. The molecule has 0 saturated carbocycles. The second-order valence-corrected chi connectivity index (χ2v) is 5.31. The number of anilines is 2. The summed E-state index contributed by atoms with van der Waals surface area (Å²) >= 11 is 1.45. The normalized spacial score (nSPS) is 12.2. The van der Waals surface area contributed by atoms with Crippen molar-refractivity contribution in [1.29, 1.82) is 0 Å². The molecule has 1 heterocycles. The van der Waals surface area contributed by atoms with Crippen LogP contribution in [0.3, 0.4) is 0 Å². The predicted octanol–water partition coefficient (Wildman–Crippen LogP) is 2.96. The molecule has 0 amide bonds. The summed E-state index contributed by atoms with van der Waals surface area (Å²) in [5, 5.41) is 3.92. The monoisotopic (exact) mass is 292 g/mol. The lowest BCUT2D eigenvalue weighted by Crippen LogP contribution is -2.19. The summed E-state index contributed by atoms with van der Waals surface area (Å²) in [5.74, 6) is 0.930. The van der Waals surface area contributed by atoms with Crippen molar-refractivity contribution in [3.63, 3.8) is 0 Å². The van der Waals surface area contributed by atoms with Crippen LogP contribution in [0.25, 0.3) is 0 Å². The molecular formula is C14H17FN4S. The van der Waals surface area contributed by atoms with E-state index >= 15 is 0 Å². The van der Waals surface area contributed by atoms with Gasteiger partial charge in [-0.15, -0.1) is 0 Å². The number of aromatic nitrogens is 2. The molecule has 0 aliphatic heterocycles. The molecule has 0 radical (unpaired) electrons. The highest BCUT2D eigenvalue weighted by atomic mass is 32.2. The second kappa shape index (κ2) is 6.56. The topological polar surface area (TPSA) is 63.8 Å². The summed E-state index contributed by atoms with van der Waals surface area (Å²) in [6.45, 7) is 2.04. The molecule has 0 saturated heterocycles. The highest BCUT2D eigenvalue weighted by Crippen LogP contribution is 2.16. The van der Waals surface area contributed by atoms with Crippen LogP contribution in [0.15, 0.2) is 35.5 Å². The minimum atomic E-state index is -0.220. The SMILES string of the molecule is CSc1nc(N)cc(NC(C)Cc2ccc(F)cc2)n1. The van der Waals surface area contributed by atoms with Gasteiger partial charge < -0.3 is 11.1 Å². The Morgan fingerprint density at radius 2 is 2.00 bits per heavy atom. The average Bonchev–Trinajstić information content (AvgIpc) is 2.40. The van der Waals surface area contributed by atoms with Gasteiger partial charge in [-0.05, 0) is 37.3 Å². The summed E-state index contributed by atoms with van der Waals surface area (Å²) in [4.78, 5) is 8.45. The number of hydrogen-bond acceptors (Lipinski definition) is 5. The van der Waals surface area contributed by atoms with E-state index in [0.29, 0.717) is 16.8 Å². The van der Waals surface area contributed by atoms with Gasteiger partial charge in [0.25, 0.3) is 0 Å². The van der Waals surface area contributed by atoms with Gasteiger partial charge in [0.15, 0.2) is 5.16 Å². The van der Waals surface area contributed by atoms with E-state index in [1.807, 2.05) is 13.2 Å². The third kappa shape index (κ3) is 4.09. The number of nitrogens with zero attached hydrogens (tertiary/aromatic N) is 2. The number of nitrogens with one attached hydrogen (secondary N) is 1. The Kier molecular flexibility index (Phi) is 4.79. The number of nitrogen functional groups attached to an aromatic ring is 1. The number of halogens is 1. The number of rotatable bonds is 5. The van der Waals surface area contributed by atoms with Crippen LogP contribution in [0.5, 0.6) is 0 Å². The quantitative estimate of drug-likeness (QED) is 0.655. The maximum atomic E-state index is 12.8. The third-order valence-electron chi connectivity index (χ3n) is 2.76. The molecule has 0 bridgehead atoms. The van der Waals surface area contributed by atoms with Gasteiger partial charge in [0, 0.05) is 12.1 Å². The minimum Gasteiger partial charge on any atom is -0.383 e. The molecule has 1 atom stereocenters. The van der Waals surface area contributed by atoms with Crippen LogP contribution < -0.4 is 11.1 Å². The molecule has 6 heteroatoms. The number of nitrogens with two attached hydrogens (primary N) is 1. The zero-order valence-corrected chi connectivity index (χ0v) is 12.2. The zero-order chi connectivity index (χ0) is 14.5. The van der Waals surface area contributed by atoms with Crippen LogP contribution in [-0.2, 0) is 6.42 Å². The molecule has 0 aliphatic rings. The fourth-order valence-electron chi connectivity index (χ4n) is 1.89. The van der Waals surface area contributed by atoms with E-state index < -0.39 is 0 Å². The van der Waals surface area contributed by atoms with Crippen molar-refractivity contribution in [3.05, 3.63) is 41.7 Å². The number of benzene rings is 1. The van der Waals surface area contributed by atoms with Crippen LogP contribution >= 0.6 is 11.8 Å². The van der Waals surface area contributed by atoms with Crippen LogP contribution in [0.4, 0.5) is 16.0 Å². The Balaban J connectivity index is 2.02. The molecule has 1 aromatic carbocycles. The van der Waals surface area contributed by atoms with Crippen molar-refractivity contribution in [2.24, 2.45) is 0 Å². The van der Waals surface area contributed by atoms with Gasteiger partial charge in [-0.1, -0.05) is 23.9 Å². The molecular weight excluding hydrogens is 275 g/mol. The first-order valence-electron chi connectivity index (χ1n) is 6.26. The first-order valence-corrected chi connectivity index (χ1v) is 7.49. The van der Waals surface area contributed by atoms with E-state index in [1.165, 1.54) is 23.9 Å². The largest absolute Gasteiger partial charge is 0.383 e. The maximum absolute atomic E-state index is 12.8. The molecule has 1 unspecified atom stereocenters. The van der Waals surface area contributed by atoms with Crippen molar-refractivity contribution < 1.29 is 4.39 Å². The van der Waals surface area contributed by atoms with Gasteiger partial charge in [0.2, 0.25) is 0 Å². The van der Waals surface area contributed by atoms with Crippen molar-refractivity contribution in [2.45, 2.75) is 24.5 Å². The molecule has 1 aromatic heterocycles. The standard InChI is InChI=1S/C14H17FN4S/c1-9(7-10-3-5-11(15)6-4-10)17-13-8-12(16)18-14(19-13)20-2/h3-6,8-9H,7H2,1-2H3,(H3,16,17,18,19). The van der Waals surface area contributed by atoms with Gasteiger partial charge in [-0.25, -0.2) is 14.4 Å². The molecule has 106 valence electrons. The minimum absolute atomic E-state index is 0.157. The molecule has 0 fully saturated rings. The van der Waals surface area contributed by atoms with Crippen molar-refractivity contribution in [1.82, 2.24) is 9.97 Å². The third-order valence-corrected chi connectivity index (χ3v) is 3.31. The van der Waals surface area contributed by atoms with Crippen LogP contribution in [0, 0.1) is 5.82 Å². The van der Waals surface area contributed by atoms with Gasteiger partial charge >= 0.3 is 0 Å². The van der Waals surface area contributed by atoms with E-state index in [-0.39, 0.29) is 11.9 Å². The van der Waals surface area contributed by atoms with Gasteiger partial charge in [0.1, 0.15) is 17.5 Å². The van der Waals surface area contributed by atoms with E-state index in [4.69, 9.17) is 5.73 Å². The van der Waals surface area contributed by atoms with Crippen molar-refractivity contribution in [2.75, 3.05) is 17.3 Å². The lowest BCUT2D eigenvalue weighted by molar-refractivity contribution is 0.626. The number of thioether (sulfide) groups is 1. The lowest BCUT2D eigenvalue weighted by Gasteiger charge is -2.15. The zero-order valence-electron chi connectivity index (χ0n) is 11.4. The highest BCUT2D eigenvalue weighted by molar-refractivity contribution is 7.98. The molecule has 3 N–H and O–H groups in total. The second-order valence-electron chi connectivity index (χ2n) is 4.54. The van der Waals surface area contributed by atoms with E-state index in [0.717, 1.165) is 12.0 Å². The van der Waals surface area contributed by atoms with Crippen molar-refractivity contribution >= 4 is 23.4 Å². The Hall–Kier alpha value is -1.82. The van der Waals surface area contributed by atoms with Gasteiger partial charge in [-0.2, -0.15) is 0 Å². The highest BCUT2D eigenvalue weighted by Gasteiger charge is 2.07. The predicted molar refractivity (Wildman–Crippen MR) is 81.4 cm³/mol. The fraction of sp³-hybridized carbons (Fsp3) is 0.286. The summed E-state index contributed by atoms with van der Waals surface area (Å²) in [5.41, 5.74) is 6.80. The van der Waals surface area contributed by atoms with Gasteiger partial charge in [0.05, 0.1) is 0 Å². The molecule has 20 heavy (non-hydrogen) atoms. The fourth-order valence-corrected chi connectivity index (χ4v) is 2.27. The molecule has 0 spiro atoms. The van der Waals surface area contributed by atoms with Crippen LogP contribution in [0.1, 0.15) is 12.5 Å². The van der Waals surface area contributed by atoms with E-state index in [9.17, 15) is 4.39 Å². The Labute approximate surface area is 122 Å². The number of hydrogen-bond donors (Lipinski definition) is 2. The Morgan fingerprint density at radius 3 is 2.65 bits per heavy atom. The summed E-state index contributed by atoms with van der Waals surface area (Å²) in [7, 11) is 0. The van der Waals surface area contributed by atoms with Gasteiger partial charge in [-0.3, -0.25) is 0 Å². The van der Waals surface area contributed by atoms with Crippen LogP contribution in [0.2, 0.25) is 0 Å². The Bertz CT molecular complexity index is 574. The van der Waals surface area contributed by atoms with Crippen LogP contribution in [-0.4, -0.2) is 22.3 Å². The smallest absolute Gasteiger partial charge is 0.191 e. The van der Waals surface area contributed by atoms with Crippen molar-refractivity contribution in [3.8, 4) is 0 Å². The maximum Gasteiger partial charge on any atom is 0.191 e. The van der Waals surface area contributed by atoms with E-state index in [2.05, 4.69) is 15.3 Å². The first-order chi connectivity index (χ1) is 9.56. The Morgan fingerprint density at radius 1 is 1.30 bits per heavy atom. The summed E-state index contributed by atoms with van der Waals surface area (Å²) in [6, 6.07) is 8.38. The van der Waals surface area contributed by atoms with E-state index in [1.54, 1.807) is 18.2 Å². The molecule has 4 nitrogen and oxygen atoms in total. The molecule has 2 aromatic rings. The molecule has 2 rings (SSSR count). The molecule has 0 aliphatic carbocycles. The summed E-state index contributed by atoms with van der Waals surface area (Å²) in [6.07, 6.45) is 2.68.